The number of fused-ring (bicyclic) bond motifs is 1. The van der Waals surface area contributed by atoms with Gasteiger partial charge in [0, 0.05) is 18.7 Å². The van der Waals surface area contributed by atoms with Gasteiger partial charge in [-0.1, -0.05) is 17.3 Å². The molecule has 0 saturated heterocycles. The van der Waals surface area contributed by atoms with Crippen molar-refractivity contribution in [3.05, 3.63) is 41.8 Å². The zero-order valence-electron chi connectivity index (χ0n) is 18.7. The number of hydrogen-bond acceptors (Lipinski definition) is 9. The minimum absolute atomic E-state index is 0.426. The van der Waals surface area contributed by atoms with Gasteiger partial charge in [-0.15, -0.1) is 0 Å². The van der Waals surface area contributed by atoms with E-state index in [1.807, 2.05) is 24.3 Å². The topological polar surface area (TPSA) is 88.3 Å². The van der Waals surface area contributed by atoms with Gasteiger partial charge in [-0.2, -0.15) is 4.98 Å². The number of ether oxygens (including phenoxy) is 5. The first kappa shape index (κ1) is 21.8. The molecule has 1 aliphatic heterocycles. The van der Waals surface area contributed by atoms with Gasteiger partial charge in [0.2, 0.25) is 17.5 Å². The summed E-state index contributed by atoms with van der Waals surface area (Å²) in [4.78, 5) is 6.86. The lowest BCUT2D eigenvalue weighted by Gasteiger charge is -2.25. The maximum atomic E-state index is 5.94. The molecule has 170 valence electrons. The van der Waals surface area contributed by atoms with Gasteiger partial charge in [0.05, 0.1) is 47.2 Å². The van der Waals surface area contributed by atoms with Gasteiger partial charge in [-0.25, -0.2) is 0 Å². The van der Waals surface area contributed by atoms with Gasteiger partial charge >= 0.3 is 0 Å². The van der Waals surface area contributed by atoms with Crippen LogP contribution in [0.5, 0.6) is 28.7 Å². The molecule has 0 aliphatic carbocycles. The molecule has 0 saturated carbocycles. The maximum absolute atomic E-state index is 5.94. The molecular formula is C23H27N3O6. The summed E-state index contributed by atoms with van der Waals surface area (Å²) in [6, 6.07) is 9.53. The number of benzene rings is 2. The minimum atomic E-state index is 0.426. The molecule has 0 spiro atoms. The Bertz CT molecular complexity index is 1070. The molecule has 2 heterocycles. The van der Waals surface area contributed by atoms with Gasteiger partial charge in [-0.05, 0) is 24.6 Å². The van der Waals surface area contributed by atoms with Crippen LogP contribution >= 0.6 is 0 Å². The highest BCUT2D eigenvalue weighted by molar-refractivity contribution is 5.72. The Hall–Kier alpha value is -3.46. The number of methoxy groups -OCH3 is 4. The van der Waals surface area contributed by atoms with Crippen molar-refractivity contribution in [1.29, 1.82) is 0 Å². The first-order valence-electron chi connectivity index (χ1n) is 10.3. The smallest absolute Gasteiger partial charge is 0.241 e. The lowest BCUT2D eigenvalue weighted by atomic mass is 10.1. The number of aromatic nitrogens is 2. The molecule has 9 heteroatoms. The number of para-hydroxylation sites is 1. The molecule has 0 fully saturated rings. The highest BCUT2D eigenvalue weighted by atomic mass is 16.5. The first-order valence-corrected chi connectivity index (χ1v) is 10.3. The average Bonchev–Trinajstić information content (AvgIpc) is 3.27. The van der Waals surface area contributed by atoms with Crippen LogP contribution < -0.4 is 23.7 Å². The van der Waals surface area contributed by atoms with E-state index in [2.05, 4.69) is 15.0 Å². The van der Waals surface area contributed by atoms with Crippen molar-refractivity contribution in [2.75, 3.05) is 41.6 Å². The number of rotatable bonds is 7. The quantitative estimate of drug-likeness (QED) is 0.546. The van der Waals surface area contributed by atoms with E-state index in [1.165, 1.54) is 0 Å². The summed E-state index contributed by atoms with van der Waals surface area (Å²) in [5, 5.41) is 4.17. The van der Waals surface area contributed by atoms with Crippen molar-refractivity contribution in [3.8, 4) is 40.1 Å². The first-order chi connectivity index (χ1) is 15.7. The Labute approximate surface area is 186 Å². The van der Waals surface area contributed by atoms with Crippen molar-refractivity contribution in [3.63, 3.8) is 0 Å². The summed E-state index contributed by atoms with van der Waals surface area (Å²) in [6.45, 7) is 2.65. The van der Waals surface area contributed by atoms with Crippen molar-refractivity contribution in [1.82, 2.24) is 15.0 Å². The Morgan fingerprint density at radius 1 is 0.938 bits per heavy atom. The Balaban J connectivity index is 1.57. The van der Waals surface area contributed by atoms with E-state index in [1.54, 1.807) is 34.5 Å². The van der Waals surface area contributed by atoms with Crippen LogP contribution in [0.15, 0.2) is 34.9 Å². The van der Waals surface area contributed by atoms with Gasteiger partial charge in [0.1, 0.15) is 0 Å². The second kappa shape index (κ2) is 9.78. The van der Waals surface area contributed by atoms with E-state index in [0.717, 1.165) is 30.0 Å². The van der Waals surface area contributed by atoms with Crippen LogP contribution in [0.2, 0.25) is 0 Å². The molecule has 32 heavy (non-hydrogen) atoms. The van der Waals surface area contributed by atoms with Crippen LogP contribution in [0.3, 0.4) is 0 Å². The van der Waals surface area contributed by atoms with E-state index in [4.69, 9.17) is 28.2 Å². The van der Waals surface area contributed by atoms with E-state index in [9.17, 15) is 0 Å². The third-order valence-electron chi connectivity index (χ3n) is 5.31. The molecule has 2 aromatic carbocycles. The van der Waals surface area contributed by atoms with Crippen LogP contribution in [0, 0.1) is 0 Å². The largest absolute Gasteiger partial charge is 0.493 e. The molecule has 1 aromatic heterocycles. The fourth-order valence-electron chi connectivity index (χ4n) is 3.82. The zero-order chi connectivity index (χ0) is 22.5. The van der Waals surface area contributed by atoms with Crippen molar-refractivity contribution < 1.29 is 28.2 Å². The van der Waals surface area contributed by atoms with Crippen LogP contribution in [-0.2, 0) is 13.1 Å². The van der Waals surface area contributed by atoms with E-state index in [0.29, 0.717) is 54.2 Å². The maximum Gasteiger partial charge on any atom is 0.241 e. The van der Waals surface area contributed by atoms with Crippen molar-refractivity contribution in [2.24, 2.45) is 0 Å². The Morgan fingerprint density at radius 2 is 1.75 bits per heavy atom. The predicted octanol–water partition coefficient (Wildman–Crippen LogP) is 3.56. The summed E-state index contributed by atoms with van der Waals surface area (Å²) >= 11 is 0. The SMILES string of the molecule is COc1cccc2c1OCCCN(Cc1nc(-c3ccc(OC)c(OC)c3OC)no1)C2. The molecule has 0 amide bonds. The summed E-state index contributed by atoms with van der Waals surface area (Å²) in [5.74, 6) is 4.01. The standard InChI is InChI=1S/C23H27N3O6/c1-27-17-8-5-7-15-13-26(11-6-12-31-20(15)17)14-19-24-23(25-32-19)16-9-10-18(28-2)22(30-4)21(16)29-3/h5,7-10H,6,11-14H2,1-4H3. The molecule has 4 rings (SSSR count). The van der Waals surface area contributed by atoms with E-state index < -0.39 is 0 Å². The summed E-state index contributed by atoms with van der Waals surface area (Å²) in [7, 11) is 6.35. The molecule has 0 N–H and O–H groups in total. The van der Waals surface area contributed by atoms with Gasteiger partial charge in [-0.3, -0.25) is 4.90 Å². The van der Waals surface area contributed by atoms with Crippen molar-refractivity contribution in [2.45, 2.75) is 19.5 Å². The summed E-state index contributed by atoms with van der Waals surface area (Å²) < 4.78 is 33.3. The minimum Gasteiger partial charge on any atom is -0.493 e. The fraction of sp³-hybridized carbons (Fsp3) is 0.391. The Morgan fingerprint density at radius 3 is 2.50 bits per heavy atom. The van der Waals surface area contributed by atoms with Crippen LogP contribution in [-0.4, -0.2) is 56.6 Å². The molecule has 0 radical (unpaired) electrons. The lowest BCUT2D eigenvalue weighted by Crippen LogP contribution is -2.27. The second-order valence-corrected chi connectivity index (χ2v) is 7.25. The molecular weight excluding hydrogens is 414 g/mol. The van der Waals surface area contributed by atoms with Gasteiger partial charge < -0.3 is 28.2 Å². The molecule has 0 bridgehead atoms. The third-order valence-corrected chi connectivity index (χ3v) is 5.31. The molecule has 0 unspecified atom stereocenters. The molecule has 3 aromatic rings. The fourth-order valence-corrected chi connectivity index (χ4v) is 3.82. The van der Waals surface area contributed by atoms with Crippen molar-refractivity contribution >= 4 is 0 Å². The van der Waals surface area contributed by atoms with Crippen LogP contribution in [0.25, 0.3) is 11.4 Å². The van der Waals surface area contributed by atoms with Gasteiger partial charge in [0.15, 0.2) is 23.0 Å². The van der Waals surface area contributed by atoms with E-state index in [-0.39, 0.29) is 0 Å². The predicted molar refractivity (Wildman–Crippen MR) is 117 cm³/mol. The summed E-state index contributed by atoms with van der Waals surface area (Å²) in [5.41, 5.74) is 1.72. The van der Waals surface area contributed by atoms with Crippen LogP contribution in [0.1, 0.15) is 17.9 Å². The third kappa shape index (κ3) is 4.29. The zero-order valence-corrected chi connectivity index (χ0v) is 18.7. The average molecular weight is 441 g/mol. The number of nitrogens with zero attached hydrogens (tertiary/aromatic N) is 3. The van der Waals surface area contributed by atoms with Crippen LogP contribution in [0.4, 0.5) is 0 Å². The molecule has 0 atom stereocenters. The van der Waals surface area contributed by atoms with Gasteiger partial charge in [0.25, 0.3) is 0 Å². The number of hydrogen-bond donors (Lipinski definition) is 0. The summed E-state index contributed by atoms with van der Waals surface area (Å²) in [6.07, 6.45) is 0.877. The lowest BCUT2D eigenvalue weighted by molar-refractivity contribution is 0.178. The van der Waals surface area contributed by atoms with E-state index >= 15 is 0 Å². The highest BCUT2D eigenvalue weighted by Crippen LogP contribution is 2.43. The molecule has 9 nitrogen and oxygen atoms in total. The Kier molecular flexibility index (Phi) is 6.65. The monoisotopic (exact) mass is 441 g/mol. The highest BCUT2D eigenvalue weighted by Gasteiger charge is 2.23. The molecule has 1 aliphatic rings. The second-order valence-electron chi connectivity index (χ2n) is 7.25. The normalized spacial score (nSPS) is 14.0.